The second-order valence-electron chi connectivity index (χ2n) is 4.68. The normalized spacial score (nSPS) is 10.5. The monoisotopic (exact) mass is 332 g/mol. The molecule has 3 aromatic rings. The van der Waals surface area contributed by atoms with Crippen LogP contribution < -0.4 is 15.4 Å². The van der Waals surface area contributed by atoms with E-state index in [1.165, 1.54) is 25.3 Å². The molecule has 6 nitrogen and oxygen atoms in total. The summed E-state index contributed by atoms with van der Waals surface area (Å²) in [5.41, 5.74) is 2.54. The molecule has 0 unspecified atom stereocenters. The molecule has 0 aliphatic rings. The summed E-state index contributed by atoms with van der Waals surface area (Å²) in [6, 6.07) is 9.46. The Kier molecular flexibility index (Phi) is 4.33. The van der Waals surface area contributed by atoms with Crippen molar-refractivity contribution in [1.82, 2.24) is 8.75 Å². The third kappa shape index (κ3) is 3.37. The van der Waals surface area contributed by atoms with E-state index in [0.717, 1.165) is 17.2 Å². The van der Waals surface area contributed by atoms with E-state index in [4.69, 9.17) is 4.74 Å². The molecule has 1 amide bonds. The van der Waals surface area contributed by atoms with Gasteiger partial charge in [-0.1, -0.05) is 6.07 Å². The summed E-state index contributed by atoms with van der Waals surface area (Å²) in [7, 11) is 1.44. The van der Waals surface area contributed by atoms with Crippen molar-refractivity contribution in [1.29, 1.82) is 0 Å². The van der Waals surface area contributed by atoms with Gasteiger partial charge in [0.15, 0.2) is 0 Å². The molecule has 8 heteroatoms. The van der Waals surface area contributed by atoms with Crippen LogP contribution in [0.5, 0.6) is 5.75 Å². The van der Waals surface area contributed by atoms with Crippen LogP contribution in [0.2, 0.25) is 0 Å². The summed E-state index contributed by atoms with van der Waals surface area (Å²) >= 11 is 1.09. The van der Waals surface area contributed by atoms with Crippen molar-refractivity contribution in [2.75, 3.05) is 24.3 Å². The van der Waals surface area contributed by atoms with Crippen LogP contribution >= 0.6 is 11.7 Å². The third-order valence-corrected chi connectivity index (χ3v) is 3.71. The predicted molar refractivity (Wildman–Crippen MR) is 87.5 cm³/mol. The van der Waals surface area contributed by atoms with Crippen LogP contribution in [0.15, 0.2) is 36.4 Å². The van der Waals surface area contributed by atoms with Crippen LogP contribution in [-0.4, -0.2) is 28.3 Å². The van der Waals surface area contributed by atoms with Gasteiger partial charge >= 0.3 is 0 Å². The Morgan fingerprint density at radius 2 is 2.13 bits per heavy atom. The molecule has 2 N–H and O–H groups in total. The average molecular weight is 332 g/mol. The maximum atomic E-state index is 13.1. The van der Waals surface area contributed by atoms with Crippen molar-refractivity contribution in [3.05, 3.63) is 42.2 Å². The summed E-state index contributed by atoms with van der Waals surface area (Å²) in [5, 5.41) is 5.69. The number of rotatable bonds is 5. The number of carbonyl (C=O) groups excluding carboxylic acids is 1. The Hall–Kier alpha value is -2.74. The number of nitrogens with zero attached hydrogens (tertiary/aromatic N) is 2. The minimum Gasteiger partial charge on any atom is -0.494 e. The molecular weight excluding hydrogens is 319 g/mol. The van der Waals surface area contributed by atoms with Crippen molar-refractivity contribution < 1.29 is 13.9 Å². The van der Waals surface area contributed by atoms with E-state index in [9.17, 15) is 9.18 Å². The fraction of sp³-hybridized carbons (Fsp3) is 0.133. The van der Waals surface area contributed by atoms with Gasteiger partial charge in [0.25, 0.3) is 0 Å². The smallest absolute Gasteiger partial charge is 0.243 e. The largest absolute Gasteiger partial charge is 0.494 e. The lowest BCUT2D eigenvalue weighted by Gasteiger charge is -2.11. The van der Waals surface area contributed by atoms with E-state index in [0.29, 0.717) is 22.6 Å². The number of fused-ring (bicyclic) bond motifs is 1. The number of aromatic nitrogens is 2. The summed E-state index contributed by atoms with van der Waals surface area (Å²) in [4.78, 5) is 12.1. The van der Waals surface area contributed by atoms with Gasteiger partial charge in [0.05, 0.1) is 36.8 Å². The molecule has 0 fully saturated rings. The van der Waals surface area contributed by atoms with E-state index < -0.39 is 5.82 Å². The summed E-state index contributed by atoms with van der Waals surface area (Å²) < 4.78 is 26.5. The summed E-state index contributed by atoms with van der Waals surface area (Å²) in [6.07, 6.45) is 0. The van der Waals surface area contributed by atoms with Crippen LogP contribution in [-0.2, 0) is 4.79 Å². The lowest BCUT2D eigenvalue weighted by atomic mass is 10.2. The molecule has 2 aromatic carbocycles. The lowest BCUT2D eigenvalue weighted by molar-refractivity contribution is -0.114. The molecule has 0 saturated heterocycles. The topological polar surface area (TPSA) is 76.1 Å². The van der Waals surface area contributed by atoms with E-state index >= 15 is 0 Å². The molecule has 1 heterocycles. The fourth-order valence-corrected chi connectivity index (χ4v) is 2.64. The number of ether oxygens (including phenoxy) is 1. The van der Waals surface area contributed by atoms with Gasteiger partial charge in [0.1, 0.15) is 22.6 Å². The van der Waals surface area contributed by atoms with Gasteiger partial charge in [-0.15, -0.1) is 0 Å². The minimum absolute atomic E-state index is 0.00987. The number of nitrogens with one attached hydrogen (secondary N) is 2. The number of carbonyl (C=O) groups is 1. The first-order valence-electron chi connectivity index (χ1n) is 6.76. The number of amides is 1. The van der Waals surface area contributed by atoms with Crippen molar-refractivity contribution >= 4 is 40.0 Å². The minimum atomic E-state index is -0.403. The first kappa shape index (κ1) is 15.2. The average Bonchev–Trinajstić information content (AvgIpc) is 3.03. The van der Waals surface area contributed by atoms with Crippen LogP contribution in [0.1, 0.15) is 0 Å². The molecule has 118 valence electrons. The van der Waals surface area contributed by atoms with Gasteiger partial charge in [-0.2, -0.15) is 8.75 Å². The number of benzene rings is 2. The van der Waals surface area contributed by atoms with Crippen LogP contribution in [0, 0.1) is 5.82 Å². The molecule has 0 spiro atoms. The number of hydrogen-bond donors (Lipinski definition) is 2. The highest BCUT2D eigenvalue weighted by atomic mass is 32.1. The molecule has 23 heavy (non-hydrogen) atoms. The molecule has 0 aliphatic heterocycles. The molecule has 0 radical (unpaired) electrons. The second kappa shape index (κ2) is 6.57. The summed E-state index contributed by atoms with van der Waals surface area (Å²) in [6.45, 7) is 0.00987. The number of halogens is 1. The SMILES string of the molecule is COc1cc(F)ccc1NCC(=O)Nc1cccc2nsnc12. The van der Waals surface area contributed by atoms with Gasteiger partial charge in [-0.05, 0) is 24.3 Å². The van der Waals surface area contributed by atoms with Gasteiger partial charge < -0.3 is 15.4 Å². The number of hydrogen-bond acceptors (Lipinski definition) is 6. The Morgan fingerprint density at radius 1 is 1.26 bits per heavy atom. The summed E-state index contributed by atoms with van der Waals surface area (Å²) in [5.74, 6) is -0.319. The highest BCUT2D eigenvalue weighted by Gasteiger charge is 2.10. The maximum absolute atomic E-state index is 13.1. The Balaban J connectivity index is 1.67. The predicted octanol–water partition coefficient (Wildman–Crippen LogP) is 2.89. The first-order chi connectivity index (χ1) is 11.2. The number of anilines is 2. The zero-order chi connectivity index (χ0) is 16.2. The molecule has 0 aliphatic carbocycles. The molecule has 0 bridgehead atoms. The molecular formula is C15H13FN4O2S. The Morgan fingerprint density at radius 3 is 2.96 bits per heavy atom. The Labute approximate surface area is 135 Å². The van der Waals surface area contributed by atoms with Gasteiger partial charge in [0.2, 0.25) is 5.91 Å². The van der Waals surface area contributed by atoms with Crippen LogP contribution in [0.25, 0.3) is 11.0 Å². The molecule has 3 rings (SSSR count). The second-order valence-corrected chi connectivity index (χ2v) is 5.21. The molecule has 0 atom stereocenters. The van der Waals surface area contributed by atoms with Gasteiger partial charge in [0, 0.05) is 6.07 Å². The fourth-order valence-electron chi connectivity index (χ4n) is 2.09. The number of methoxy groups -OCH3 is 1. The maximum Gasteiger partial charge on any atom is 0.243 e. The third-order valence-electron chi connectivity index (χ3n) is 3.16. The van der Waals surface area contributed by atoms with Gasteiger partial charge in [-0.25, -0.2) is 4.39 Å². The van der Waals surface area contributed by atoms with E-state index in [-0.39, 0.29) is 12.5 Å². The standard InChI is InChI=1S/C15H13FN4O2S/c1-22-13-7-9(16)5-6-10(13)17-8-14(21)18-11-3-2-4-12-15(11)20-23-19-12/h2-7,17H,8H2,1H3,(H,18,21). The van der Waals surface area contributed by atoms with E-state index in [1.54, 1.807) is 12.1 Å². The van der Waals surface area contributed by atoms with Crippen molar-refractivity contribution in [3.8, 4) is 5.75 Å². The van der Waals surface area contributed by atoms with E-state index in [1.807, 2.05) is 6.07 Å². The van der Waals surface area contributed by atoms with Crippen molar-refractivity contribution in [2.45, 2.75) is 0 Å². The van der Waals surface area contributed by atoms with E-state index in [2.05, 4.69) is 19.4 Å². The van der Waals surface area contributed by atoms with Crippen LogP contribution in [0.4, 0.5) is 15.8 Å². The highest BCUT2D eigenvalue weighted by Crippen LogP contribution is 2.25. The van der Waals surface area contributed by atoms with Crippen molar-refractivity contribution in [3.63, 3.8) is 0 Å². The lowest BCUT2D eigenvalue weighted by Crippen LogP contribution is -2.22. The zero-order valence-corrected chi connectivity index (χ0v) is 13.0. The van der Waals surface area contributed by atoms with Gasteiger partial charge in [-0.3, -0.25) is 4.79 Å². The quantitative estimate of drug-likeness (QED) is 0.751. The van der Waals surface area contributed by atoms with Crippen molar-refractivity contribution in [2.24, 2.45) is 0 Å². The zero-order valence-electron chi connectivity index (χ0n) is 12.2. The van der Waals surface area contributed by atoms with Crippen LogP contribution in [0.3, 0.4) is 0 Å². The highest BCUT2D eigenvalue weighted by molar-refractivity contribution is 7.00. The Bertz CT molecular complexity index is 852. The molecule has 1 aromatic heterocycles. The first-order valence-corrected chi connectivity index (χ1v) is 7.49. The molecule has 0 saturated carbocycles.